The highest BCUT2D eigenvalue weighted by atomic mass is 31.2. The van der Waals surface area contributed by atoms with Crippen molar-refractivity contribution in [2.75, 3.05) is 6.61 Å². The van der Waals surface area contributed by atoms with E-state index in [4.69, 9.17) is 4.74 Å². The fourth-order valence-corrected chi connectivity index (χ4v) is 2.85. The zero-order chi connectivity index (χ0) is 15.4. The molecule has 0 spiro atoms. The normalized spacial score (nSPS) is 13.2. The molecule has 0 aliphatic carbocycles. The highest BCUT2D eigenvalue weighted by molar-refractivity contribution is 7.53. The summed E-state index contributed by atoms with van der Waals surface area (Å²) in [5, 5.41) is 0. The topological polar surface area (TPSA) is 83.8 Å². The lowest BCUT2D eigenvalue weighted by atomic mass is 10.1. The zero-order valence-corrected chi connectivity index (χ0v) is 13.6. The third-order valence-electron chi connectivity index (χ3n) is 3.25. The fraction of sp³-hybridized carbons (Fsp3) is 0.929. The first-order chi connectivity index (χ1) is 9.43. The standard InChI is InChI=1S/C14H29O5P/c1-3-5-7-9-11-13(20(16,17)18)14(15)19-12-10-8-6-4-2/h13H,3-12H2,1-2H3,(H2,16,17,18). The van der Waals surface area contributed by atoms with Gasteiger partial charge in [0.2, 0.25) is 0 Å². The summed E-state index contributed by atoms with van der Waals surface area (Å²) in [6.07, 6.45) is 7.70. The van der Waals surface area contributed by atoms with E-state index in [0.29, 0.717) is 6.42 Å². The van der Waals surface area contributed by atoms with E-state index in [2.05, 4.69) is 13.8 Å². The van der Waals surface area contributed by atoms with Crippen LogP contribution < -0.4 is 0 Å². The van der Waals surface area contributed by atoms with E-state index in [-0.39, 0.29) is 13.0 Å². The monoisotopic (exact) mass is 308 g/mol. The molecule has 0 heterocycles. The summed E-state index contributed by atoms with van der Waals surface area (Å²) >= 11 is 0. The summed E-state index contributed by atoms with van der Waals surface area (Å²) in [7, 11) is -4.42. The van der Waals surface area contributed by atoms with E-state index >= 15 is 0 Å². The molecule has 0 aliphatic heterocycles. The number of unbranched alkanes of at least 4 members (excludes halogenated alkanes) is 6. The van der Waals surface area contributed by atoms with Crippen molar-refractivity contribution in [2.45, 2.75) is 77.3 Å². The van der Waals surface area contributed by atoms with Crippen LogP contribution in [0.5, 0.6) is 0 Å². The largest absolute Gasteiger partial charge is 0.465 e. The molecular formula is C14H29O5P. The summed E-state index contributed by atoms with van der Waals surface area (Å²) in [6, 6.07) is 0. The Balaban J connectivity index is 4.12. The smallest absolute Gasteiger partial charge is 0.339 e. The molecule has 20 heavy (non-hydrogen) atoms. The van der Waals surface area contributed by atoms with E-state index in [1.165, 1.54) is 0 Å². The van der Waals surface area contributed by atoms with Crippen molar-refractivity contribution in [3.05, 3.63) is 0 Å². The van der Waals surface area contributed by atoms with E-state index < -0.39 is 19.2 Å². The number of esters is 1. The molecule has 0 saturated heterocycles. The van der Waals surface area contributed by atoms with Gasteiger partial charge < -0.3 is 14.5 Å². The van der Waals surface area contributed by atoms with Gasteiger partial charge in [0.05, 0.1) is 6.61 Å². The predicted octanol–water partition coefficient (Wildman–Crippen LogP) is 3.63. The van der Waals surface area contributed by atoms with Gasteiger partial charge >= 0.3 is 13.6 Å². The van der Waals surface area contributed by atoms with Crippen LogP contribution in [0.1, 0.15) is 71.6 Å². The Labute approximate surface area is 122 Å². The second-order valence-electron chi connectivity index (χ2n) is 5.18. The minimum atomic E-state index is -4.42. The Bertz CT molecular complexity index is 300. The first-order valence-corrected chi connectivity index (χ1v) is 9.33. The van der Waals surface area contributed by atoms with Gasteiger partial charge in [-0.2, -0.15) is 0 Å². The number of hydrogen-bond donors (Lipinski definition) is 2. The van der Waals surface area contributed by atoms with Crippen LogP contribution in [0.2, 0.25) is 0 Å². The molecule has 0 aromatic heterocycles. The molecule has 1 atom stereocenters. The molecule has 120 valence electrons. The third-order valence-corrected chi connectivity index (χ3v) is 4.53. The van der Waals surface area contributed by atoms with Crippen molar-refractivity contribution in [3.8, 4) is 0 Å². The lowest BCUT2D eigenvalue weighted by Crippen LogP contribution is -2.24. The highest BCUT2D eigenvalue weighted by Gasteiger charge is 2.36. The molecule has 6 heteroatoms. The second-order valence-corrected chi connectivity index (χ2v) is 6.98. The Kier molecular flexibility index (Phi) is 11.1. The van der Waals surface area contributed by atoms with Gasteiger partial charge in [0, 0.05) is 0 Å². The molecule has 0 radical (unpaired) electrons. The van der Waals surface area contributed by atoms with Gasteiger partial charge in [-0.25, -0.2) is 0 Å². The number of carbonyl (C=O) groups is 1. The summed E-state index contributed by atoms with van der Waals surface area (Å²) in [6.45, 7) is 4.40. The molecule has 0 saturated carbocycles. The minimum Gasteiger partial charge on any atom is -0.465 e. The lowest BCUT2D eigenvalue weighted by Gasteiger charge is -2.17. The molecule has 0 aromatic rings. The Morgan fingerprint density at radius 2 is 1.55 bits per heavy atom. The van der Waals surface area contributed by atoms with Crippen LogP contribution in [0.3, 0.4) is 0 Å². The van der Waals surface area contributed by atoms with Gasteiger partial charge in [-0.05, 0) is 12.8 Å². The fourth-order valence-electron chi connectivity index (χ4n) is 1.99. The Hall–Kier alpha value is -0.380. The number of carbonyl (C=O) groups excluding carboxylic acids is 1. The maximum Gasteiger partial charge on any atom is 0.339 e. The van der Waals surface area contributed by atoms with E-state index in [0.717, 1.165) is 44.9 Å². The molecule has 0 aromatic carbocycles. The van der Waals surface area contributed by atoms with Crippen molar-refractivity contribution in [1.29, 1.82) is 0 Å². The van der Waals surface area contributed by atoms with Gasteiger partial charge in [-0.1, -0.05) is 58.8 Å². The van der Waals surface area contributed by atoms with Crippen LogP contribution in [0.4, 0.5) is 0 Å². The number of ether oxygens (including phenoxy) is 1. The zero-order valence-electron chi connectivity index (χ0n) is 12.7. The van der Waals surface area contributed by atoms with Crippen molar-refractivity contribution < 1.29 is 23.9 Å². The van der Waals surface area contributed by atoms with Crippen LogP contribution in [0, 0.1) is 0 Å². The van der Waals surface area contributed by atoms with Crippen molar-refractivity contribution >= 4 is 13.6 Å². The molecule has 1 unspecified atom stereocenters. The van der Waals surface area contributed by atoms with Crippen molar-refractivity contribution in [1.82, 2.24) is 0 Å². The van der Waals surface area contributed by atoms with E-state index in [9.17, 15) is 19.1 Å². The summed E-state index contributed by atoms with van der Waals surface area (Å²) < 4.78 is 16.4. The average molecular weight is 308 g/mol. The third kappa shape index (κ3) is 9.51. The van der Waals surface area contributed by atoms with Crippen LogP contribution in [0.15, 0.2) is 0 Å². The average Bonchev–Trinajstić information content (AvgIpc) is 2.36. The summed E-state index contributed by atoms with van der Waals surface area (Å²) in [4.78, 5) is 30.3. The van der Waals surface area contributed by atoms with Crippen LogP contribution in [-0.2, 0) is 14.1 Å². The predicted molar refractivity (Wildman–Crippen MR) is 79.7 cm³/mol. The maximum absolute atomic E-state index is 11.8. The van der Waals surface area contributed by atoms with Crippen molar-refractivity contribution in [2.24, 2.45) is 0 Å². The number of rotatable bonds is 12. The molecule has 2 N–H and O–H groups in total. The van der Waals surface area contributed by atoms with Gasteiger partial charge in [-0.3, -0.25) is 9.36 Å². The van der Waals surface area contributed by atoms with Gasteiger partial charge in [0.15, 0.2) is 5.66 Å². The lowest BCUT2D eigenvalue weighted by molar-refractivity contribution is -0.143. The molecule has 0 rings (SSSR count). The Morgan fingerprint density at radius 1 is 1.00 bits per heavy atom. The van der Waals surface area contributed by atoms with Gasteiger partial charge in [0.1, 0.15) is 0 Å². The van der Waals surface area contributed by atoms with Gasteiger partial charge in [-0.15, -0.1) is 0 Å². The van der Waals surface area contributed by atoms with Gasteiger partial charge in [0.25, 0.3) is 0 Å². The van der Waals surface area contributed by atoms with Crippen LogP contribution in [-0.4, -0.2) is 28.0 Å². The summed E-state index contributed by atoms with van der Waals surface area (Å²) in [5.41, 5.74) is -1.29. The molecule has 5 nitrogen and oxygen atoms in total. The highest BCUT2D eigenvalue weighted by Crippen LogP contribution is 2.44. The maximum atomic E-state index is 11.8. The van der Waals surface area contributed by atoms with Crippen LogP contribution in [0.25, 0.3) is 0 Å². The first kappa shape index (κ1) is 19.6. The quantitative estimate of drug-likeness (QED) is 0.327. The molecule has 0 bridgehead atoms. The molecule has 0 aliphatic rings. The second kappa shape index (κ2) is 11.3. The minimum absolute atomic E-state index is 0.206. The SMILES string of the molecule is CCCCCCOC(=O)C(CCCCCC)P(=O)(O)O. The van der Waals surface area contributed by atoms with E-state index in [1.807, 2.05) is 0 Å². The van der Waals surface area contributed by atoms with E-state index in [1.54, 1.807) is 0 Å². The molecule has 0 fully saturated rings. The molecular weight excluding hydrogens is 279 g/mol. The number of hydrogen-bond acceptors (Lipinski definition) is 3. The first-order valence-electron chi connectivity index (χ1n) is 7.65. The Morgan fingerprint density at radius 3 is 2.05 bits per heavy atom. The summed E-state index contributed by atoms with van der Waals surface area (Å²) in [5.74, 6) is -0.744. The van der Waals surface area contributed by atoms with Crippen LogP contribution >= 0.6 is 7.60 Å². The molecule has 0 amide bonds. The van der Waals surface area contributed by atoms with Crippen molar-refractivity contribution in [3.63, 3.8) is 0 Å².